The summed E-state index contributed by atoms with van der Waals surface area (Å²) < 4.78 is 1.78. The van der Waals surface area contributed by atoms with Gasteiger partial charge in [-0.05, 0) is 31.0 Å². The molecule has 1 heterocycles. The maximum absolute atomic E-state index is 12.1. The highest BCUT2D eigenvalue weighted by atomic mass is 16.1. The average molecular weight is 257 g/mol. The topological polar surface area (TPSA) is 46.9 Å². The molecule has 0 radical (unpaired) electrons. The van der Waals surface area contributed by atoms with Crippen molar-refractivity contribution in [2.24, 2.45) is 0 Å². The summed E-state index contributed by atoms with van der Waals surface area (Å²) in [5.41, 5.74) is 1.87. The molecule has 0 aliphatic rings. The molecule has 0 aliphatic heterocycles. The first kappa shape index (κ1) is 13.3. The van der Waals surface area contributed by atoms with E-state index in [1.165, 1.54) is 5.56 Å². The highest BCUT2D eigenvalue weighted by Crippen LogP contribution is 2.10. The number of benzene rings is 1. The van der Waals surface area contributed by atoms with E-state index in [9.17, 15) is 4.79 Å². The average Bonchev–Trinajstić information content (AvgIpc) is 2.87. The number of carbonyl (C=O) groups excluding carboxylic acids is 1. The normalized spacial score (nSPS) is 10.4. The molecule has 0 spiro atoms. The van der Waals surface area contributed by atoms with Gasteiger partial charge in [-0.1, -0.05) is 25.5 Å². The highest BCUT2D eigenvalue weighted by Gasteiger charge is 2.08. The van der Waals surface area contributed by atoms with Crippen LogP contribution in [-0.4, -0.2) is 15.7 Å². The van der Waals surface area contributed by atoms with E-state index >= 15 is 0 Å². The van der Waals surface area contributed by atoms with Crippen molar-refractivity contribution in [3.63, 3.8) is 0 Å². The van der Waals surface area contributed by atoms with Crippen LogP contribution in [0.4, 0.5) is 5.82 Å². The Hall–Kier alpha value is -2.10. The predicted octanol–water partition coefficient (Wildman–Crippen LogP) is 3.11. The molecule has 1 aromatic heterocycles. The van der Waals surface area contributed by atoms with Gasteiger partial charge in [-0.25, -0.2) is 0 Å². The van der Waals surface area contributed by atoms with Gasteiger partial charge in [0.1, 0.15) is 0 Å². The number of hydrogen-bond acceptors (Lipinski definition) is 2. The van der Waals surface area contributed by atoms with Gasteiger partial charge in [0, 0.05) is 24.4 Å². The van der Waals surface area contributed by atoms with Gasteiger partial charge in [0.2, 0.25) is 0 Å². The van der Waals surface area contributed by atoms with Gasteiger partial charge >= 0.3 is 0 Å². The second-order valence-corrected chi connectivity index (χ2v) is 4.46. The molecule has 100 valence electrons. The molecule has 0 bridgehead atoms. The van der Waals surface area contributed by atoms with Crippen molar-refractivity contribution < 1.29 is 4.79 Å². The van der Waals surface area contributed by atoms with Gasteiger partial charge in [0.15, 0.2) is 5.82 Å². The number of carbonyl (C=O) groups is 1. The molecule has 0 fully saturated rings. The molecule has 19 heavy (non-hydrogen) atoms. The van der Waals surface area contributed by atoms with Crippen LogP contribution in [0.5, 0.6) is 0 Å². The SMILES string of the molecule is CCCc1cccc(C(=O)Nc2ccn(CC)n2)c1. The standard InChI is InChI=1S/C15H19N3O/c1-3-6-12-7-5-8-13(11-12)15(19)16-14-9-10-18(4-2)17-14/h5,7-11H,3-4,6H2,1-2H3,(H,16,17,19). The molecule has 0 aliphatic carbocycles. The van der Waals surface area contributed by atoms with Crippen molar-refractivity contribution in [2.45, 2.75) is 33.2 Å². The largest absolute Gasteiger partial charge is 0.305 e. The third-order valence-corrected chi connectivity index (χ3v) is 2.93. The lowest BCUT2D eigenvalue weighted by Crippen LogP contribution is -2.13. The number of aromatic nitrogens is 2. The van der Waals surface area contributed by atoms with Gasteiger partial charge < -0.3 is 5.32 Å². The van der Waals surface area contributed by atoms with Gasteiger partial charge in [-0.2, -0.15) is 5.10 Å². The molecule has 4 nitrogen and oxygen atoms in total. The Labute approximate surface area is 113 Å². The summed E-state index contributed by atoms with van der Waals surface area (Å²) in [6, 6.07) is 9.54. The van der Waals surface area contributed by atoms with Crippen molar-refractivity contribution in [1.82, 2.24) is 9.78 Å². The Kier molecular flexibility index (Phi) is 4.34. The Morgan fingerprint density at radius 1 is 1.32 bits per heavy atom. The molecule has 0 saturated heterocycles. The lowest BCUT2D eigenvalue weighted by molar-refractivity contribution is 0.102. The fourth-order valence-electron chi connectivity index (χ4n) is 1.95. The number of nitrogens with zero attached hydrogens (tertiary/aromatic N) is 2. The molecule has 0 atom stereocenters. The Morgan fingerprint density at radius 3 is 2.84 bits per heavy atom. The van der Waals surface area contributed by atoms with Gasteiger partial charge in [-0.15, -0.1) is 0 Å². The number of rotatable bonds is 5. The monoisotopic (exact) mass is 257 g/mol. The number of aryl methyl sites for hydroxylation is 2. The molecular weight excluding hydrogens is 238 g/mol. The quantitative estimate of drug-likeness (QED) is 0.894. The molecule has 1 aromatic carbocycles. The number of amides is 1. The van der Waals surface area contributed by atoms with E-state index in [2.05, 4.69) is 17.3 Å². The summed E-state index contributed by atoms with van der Waals surface area (Å²) in [6.45, 7) is 4.93. The van der Waals surface area contributed by atoms with E-state index in [0.717, 1.165) is 19.4 Å². The van der Waals surface area contributed by atoms with Gasteiger partial charge in [-0.3, -0.25) is 9.48 Å². The summed E-state index contributed by atoms with van der Waals surface area (Å²) in [5.74, 6) is 0.479. The lowest BCUT2D eigenvalue weighted by Gasteiger charge is -2.04. The fraction of sp³-hybridized carbons (Fsp3) is 0.333. The second kappa shape index (κ2) is 6.18. The predicted molar refractivity (Wildman–Crippen MR) is 76.3 cm³/mol. The first-order valence-electron chi connectivity index (χ1n) is 6.66. The van der Waals surface area contributed by atoms with Crippen molar-refractivity contribution in [1.29, 1.82) is 0 Å². The van der Waals surface area contributed by atoms with Crippen LogP contribution in [0.3, 0.4) is 0 Å². The van der Waals surface area contributed by atoms with Crippen LogP contribution >= 0.6 is 0 Å². The van der Waals surface area contributed by atoms with Crippen molar-refractivity contribution >= 4 is 11.7 Å². The Morgan fingerprint density at radius 2 is 2.16 bits per heavy atom. The van der Waals surface area contributed by atoms with Crippen molar-refractivity contribution in [3.8, 4) is 0 Å². The molecule has 1 amide bonds. The second-order valence-electron chi connectivity index (χ2n) is 4.46. The zero-order valence-electron chi connectivity index (χ0n) is 11.4. The third kappa shape index (κ3) is 3.44. The first-order valence-corrected chi connectivity index (χ1v) is 6.66. The van der Waals surface area contributed by atoms with Crippen LogP contribution < -0.4 is 5.32 Å². The molecule has 2 aromatic rings. The van der Waals surface area contributed by atoms with Gasteiger partial charge in [0.05, 0.1) is 0 Å². The molecule has 0 unspecified atom stereocenters. The minimum Gasteiger partial charge on any atom is -0.305 e. The van der Waals surface area contributed by atoms with Crippen molar-refractivity contribution in [2.75, 3.05) is 5.32 Å². The van der Waals surface area contributed by atoms with E-state index in [-0.39, 0.29) is 5.91 Å². The van der Waals surface area contributed by atoms with Crippen LogP contribution in [0.2, 0.25) is 0 Å². The molecular formula is C15H19N3O. The van der Waals surface area contributed by atoms with E-state index < -0.39 is 0 Å². The van der Waals surface area contributed by atoms with Crippen LogP contribution in [0.15, 0.2) is 36.5 Å². The summed E-state index contributed by atoms with van der Waals surface area (Å²) in [7, 11) is 0. The summed E-state index contributed by atoms with van der Waals surface area (Å²) >= 11 is 0. The Balaban J connectivity index is 2.08. The van der Waals surface area contributed by atoms with Crippen LogP contribution in [0.25, 0.3) is 0 Å². The van der Waals surface area contributed by atoms with Crippen LogP contribution in [-0.2, 0) is 13.0 Å². The minimum absolute atomic E-state index is 0.112. The minimum atomic E-state index is -0.112. The van der Waals surface area contributed by atoms with Crippen LogP contribution in [0.1, 0.15) is 36.2 Å². The molecule has 2 rings (SSSR count). The highest BCUT2D eigenvalue weighted by molar-refractivity contribution is 6.03. The van der Waals surface area contributed by atoms with Gasteiger partial charge in [0.25, 0.3) is 5.91 Å². The van der Waals surface area contributed by atoms with E-state index in [4.69, 9.17) is 0 Å². The first-order chi connectivity index (χ1) is 9.22. The zero-order chi connectivity index (χ0) is 13.7. The zero-order valence-corrected chi connectivity index (χ0v) is 11.4. The molecule has 0 saturated carbocycles. The Bertz CT molecular complexity index is 560. The van der Waals surface area contributed by atoms with Crippen LogP contribution in [0, 0.1) is 0 Å². The molecule has 1 N–H and O–H groups in total. The van der Waals surface area contributed by atoms with Crippen molar-refractivity contribution in [3.05, 3.63) is 47.7 Å². The fourth-order valence-corrected chi connectivity index (χ4v) is 1.95. The maximum atomic E-state index is 12.1. The van der Waals surface area contributed by atoms with E-state index in [1.807, 2.05) is 37.4 Å². The summed E-state index contributed by atoms with van der Waals surface area (Å²) in [4.78, 5) is 12.1. The number of nitrogens with one attached hydrogen (secondary N) is 1. The number of hydrogen-bond donors (Lipinski definition) is 1. The summed E-state index contributed by atoms with van der Waals surface area (Å²) in [6.07, 6.45) is 3.92. The van der Waals surface area contributed by atoms with E-state index in [1.54, 1.807) is 10.7 Å². The maximum Gasteiger partial charge on any atom is 0.256 e. The smallest absolute Gasteiger partial charge is 0.256 e. The molecule has 4 heteroatoms. The van der Waals surface area contributed by atoms with E-state index in [0.29, 0.717) is 11.4 Å². The number of anilines is 1. The third-order valence-electron chi connectivity index (χ3n) is 2.93. The summed E-state index contributed by atoms with van der Waals surface area (Å²) in [5, 5.41) is 7.05. The lowest BCUT2D eigenvalue weighted by atomic mass is 10.1.